The highest BCUT2D eigenvalue weighted by molar-refractivity contribution is 6.07. The van der Waals surface area contributed by atoms with Crippen LogP contribution in [0.4, 0.5) is 11.4 Å². The molecule has 1 aromatic carbocycles. The van der Waals surface area contributed by atoms with E-state index in [0.29, 0.717) is 0 Å². The van der Waals surface area contributed by atoms with Crippen LogP contribution in [-0.2, 0) is 10.3 Å². The van der Waals surface area contributed by atoms with Gasteiger partial charge in [-0.15, -0.1) is 0 Å². The third-order valence-electron chi connectivity index (χ3n) is 4.04. The smallest absolute Gasteiger partial charge is 0.331 e. The van der Waals surface area contributed by atoms with Crippen molar-refractivity contribution in [2.45, 2.75) is 19.4 Å². The van der Waals surface area contributed by atoms with E-state index in [1.54, 1.807) is 0 Å². The number of rotatable bonds is 5. The number of nitrogens with one attached hydrogen (secondary N) is 1. The van der Waals surface area contributed by atoms with E-state index in [1.807, 2.05) is 0 Å². The average molecular weight is 376 g/mol. The number of aromatic nitrogens is 2. The predicted octanol–water partition coefficient (Wildman–Crippen LogP) is 1.63. The summed E-state index contributed by atoms with van der Waals surface area (Å²) < 4.78 is 11.8. The number of carbonyl (C=O) groups is 2. The number of fused-ring (bicyclic) bond motifs is 1. The molecule has 0 atom stereocenters. The topological polar surface area (TPSA) is 146 Å². The molecule has 2 heterocycles. The van der Waals surface area contributed by atoms with Gasteiger partial charge in [-0.1, -0.05) is 0 Å². The molecule has 1 aliphatic rings. The van der Waals surface area contributed by atoms with Crippen LogP contribution in [0.1, 0.15) is 24.2 Å². The number of benzene rings is 1. The second kappa shape index (κ2) is 6.59. The molecule has 0 fully saturated rings. The molecule has 0 radical (unpaired) electrons. The van der Waals surface area contributed by atoms with E-state index in [4.69, 9.17) is 9.47 Å². The third kappa shape index (κ3) is 3.38. The third-order valence-corrected chi connectivity index (χ3v) is 4.04. The Kier molecular flexibility index (Phi) is 4.44. The number of nitrogens with zero attached hydrogens (tertiary/aromatic N) is 3. The molecule has 142 valence electrons. The fraction of sp³-hybridized carbons (Fsp3) is 0.312. The van der Waals surface area contributed by atoms with Gasteiger partial charge in [-0.3, -0.25) is 19.6 Å². The zero-order valence-corrected chi connectivity index (χ0v) is 14.5. The van der Waals surface area contributed by atoms with E-state index in [0.717, 1.165) is 6.07 Å². The maximum atomic E-state index is 12.6. The molecule has 0 spiro atoms. The van der Waals surface area contributed by atoms with E-state index in [9.17, 15) is 24.8 Å². The molecule has 0 aliphatic carbocycles. The van der Waals surface area contributed by atoms with Crippen LogP contribution in [0.25, 0.3) is 0 Å². The number of anilines is 1. The van der Waals surface area contributed by atoms with Crippen molar-refractivity contribution in [2.24, 2.45) is 0 Å². The van der Waals surface area contributed by atoms with Gasteiger partial charge in [0.2, 0.25) is 0 Å². The molecule has 11 heteroatoms. The summed E-state index contributed by atoms with van der Waals surface area (Å²) in [5.41, 5.74) is -1.78. The maximum absolute atomic E-state index is 12.6. The van der Waals surface area contributed by atoms with Crippen molar-refractivity contribution in [1.29, 1.82) is 0 Å². The lowest BCUT2D eigenvalue weighted by Gasteiger charge is -2.19. The van der Waals surface area contributed by atoms with Crippen molar-refractivity contribution in [3.05, 3.63) is 40.2 Å². The van der Waals surface area contributed by atoms with Crippen LogP contribution >= 0.6 is 0 Å². The summed E-state index contributed by atoms with van der Waals surface area (Å²) in [6, 6.07) is 2.38. The van der Waals surface area contributed by atoms with Crippen LogP contribution in [0, 0.1) is 10.1 Å². The van der Waals surface area contributed by atoms with Crippen molar-refractivity contribution < 1.29 is 29.1 Å². The Morgan fingerprint density at radius 2 is 1.93 bits per heavy atom. The van der Waals surface area contributed by atoms with Crippen LogP contribution in [-0.4, -0.2) is 44.9 Å². The Labute approximate surface area is 152 Å². The Morgan fingerprint density at radius 3 is 2.52 bits per heavy atom. The van der Waals surface area contributed by atoms with E-state index in [-0.39, 0.29) is 36.0 Å². The van der Waals surface area contributed by atoms with Gasteiger partial charge >= 0.3 is 5.97 Å². The Hall–Kier alpha value is -3.63. The molecular formula is C16H16N4O7. The molecule has 11 nitrogen and oxygen atoms in total. The summed E-state index contributed by atoms with van der Waals surface area (Å²) in [6.45, 7) is 3.41. The molecule has 1 aliphatic heterocycles. The molecule has 0 saturated carbocycles. The molecule has 2 N–H and O–H groups in total. The second-order valence-corrected chi connectivity index (χ2v) is 6.26. The van der Waals surface area contributed by atoms with E-state index in [2.05, 4.69) is 10.4 Å². The van der Waals surface area contributed by atoms with E-state index in [1.165, 1.54) is 37.0 Å². The van der Waals surface area contributed by atoms with Gasteiger partial charge in [-0.25, -0.2) is 4.79 Å². The lowest BCUT2D eigenvalue weighted by atomic mass is 10.1. The van der Waals surface area contributed by atoms with E-state index < -0.39 is 28.0 Å². The number of nitro benzene ring substituents is 1. The van der Waals surface area contributed by atoms with Crippen LogP contribution in [0.5, 0.6) is 11.5 Å². The molecule has 0 bridgehead atoms. The number of carboxylic acid groups (broad SMARTS) is 1. The predicted molar refractivity (Wildman–Crippen MR) is 91.2 cm³/mol. The molecule has 0 unspecified atom stereocenters. The first-order valence-corrected chi connectivity index (χ1v) is 7.88. The molecule has 1 amide bonds. The van der Waals surface area contributed by atoms with Gasteiger partial charge in [0.15, 0.2) is 17.0 Å². The zero-order chi connectivity index (χ0) is 19.8. The summed E-state index contributed by atoms with van der Waals surface area (Å²) in [6.07, 6.45) is 2.59. The van der Waals surface area contributed by atoms with Crippen LogP contribution in [0.15, 0.2) is 24.5 Å². The molecular weight excluding hydrogens is 360 g/mol. The summed E-state index contributed by atoms with van der Waals surface area (Å²) in [5, 5.41) is 26.9. The lowest BCUT2D eigenvalue weighted by Crippen LogP contribution is -2.35. The molecule has 2 aromatic rings. The number of amides is 1. The van der Waals surface area contributed by atoms with Crippen LogP contribution < -0.4 is 14.8 Å². The molecule has 3 rings (SSSR count). The Balaban J connectivity index is 1.90. The standard InChI is InChI=1S/C16H16N4O7/c1-16(2,15(22)23)19-8-9(7-17-19)18-14(21)10-5-12-13(27-4-3-26-12)6-11(10)20(24)25/h5-8H,3-4H2,1-2H3,(H,18,21)(H,22,23). The maximum Gasteiger partial charge on any atom is 0.331 e. The lowest BCUT2D eigenvalue weighted by molar-refractivity contribution is -0.385. The first-order valence-electron chi connectivity index (χ1n) is 7.88. The molecule has 1 aromatic heterocycles. The summed E-state index contributed by atoms with van der Waals surface area (Å²) in [7, 11) is 0. The average Bonchev–Trinajstić information content (AvgIpc) is 3.09. The van der Waals surface area contributed by atoms with Gasteiger partial charge in [0.25, 0.3) is 11.6 Å². The highest BCUT2D eigenvalue weighted by atomic mass is 16.6. The van der Waals surface area contributed by atoms with E-state index >= 15 is 0 Å². The number of ether oxygens (including phenoxy) is 2. The zero-order valence-electron chi connectivity index (χ0n) is 14.5. The van der Waals surface area contributed by atoms with Crippen LogP contribution in [0.2, 0.25) is 0 Å². The van der Waals surface area contributed by atoms with Gasteiger partial charge in [0.1, 0.15) is 18.8 Å². The minimum Gasteiger partial charge on any atom is -0.486 e. The minimum atomic E-state index is -1.33. The second-order valence-electron chi connectivity index (χ2n) is 6.26. The first kappa shape index (κ1) is 18.2. The Bertz CT molecular complexity index is 935. The van der Waals surface area contributed by atoms with Gasteiger partial charge in [0, 0.05) is 12.3 Å². The molecule has 27 heavy (non-hydrogen) atoms. The number of hydrogen-bond donors (Lipinski definition) is 2. The SMILES string of the molecule is CC(C)(C(=O)O)n1cc(NC(=O)c2cc3c(cc2[N+](=O)[O-])OCCO3)cn1. The van der Waals surface area contributed by atoms with Crippen molar-refractivity contribution >= 4 is 23.3 Å². The number of carboxylic acids is 1. The first-order chi connectivity index (χ1) is 12.7. The number of carbonyl (C=O) groups excluding carboxylic acids is 1. The number of aliphatic carboxylic acids is 1. The van der Waals surface area contributed by atoms with Crippen molar-refractivity contribution in [3.8, 4) is 11.5 Å². The highest BCUT2D eigenvalue weighted by Crippen LogP contribution is 2.36. The monoisotopic (exact) mass is 376 g/mol. The summed E-state index contributed by atoms with van der Waals surface area (Å²) in [4.78, 5) is 34.5. The van der Waals surface area contributed by atoms with Crippen molar-refractivity contribution in [2.75, 3.05) is 18.5 Å². The fourth-order valence-corrected chi connectivity index (χ4v) is 2.40. The van der Waals surface area contributed by atoms with Gasteiger partial charge in [0.05, 0.1) is 22.9 Å². The Morgan fingerprint density at radius 1 is 1.30 bits per heavy atom. The van der Waals surface area contributed by atoms with Crippen LogP contribution in [0.3, 0.4) is 0 Å². The highest BCUT2D eigenvalue weighted by Gasteiger charge is 2.31. The quantitative estimate of drug-likeness (QED) is 0.591. The fourth-order valence-electron chi connectivity index (χ4n) is 2.40. The summed E-state index contributed by atoms with van der Waals surface area (Å²) >= 11 is 0. The van der Waals surface area contributed by atoms with Gasteiger partial charge < -0.3 is 19.9 Å². The van der Waals surface area contributed by atoms with Gasteiger partial charge in [-0.05, 0) is 13.8 Å². The largest absolute Gasteiger partial charge is 0.486 e. The minimum absolute atomic E-state index is 0.193. The van der Waals surface area contributed by atoms with Crippen molar-refractivity contribution in [1.82, 2.24) is 9.78 Å². The number of nitro groups is 1. The molecule has 0 saturated heterocycles. The van der Waals surface area contributed by atoms with Crippen molar-refractivity contribution in [3.63, 3.8) is 0 Å². The number of hydrogen-bond acceptors (Lipinski definition) is 7. The normalized spacial score (nSPS) is 13.1. The van der Waals surface area contributed by atoms with Gasteiger partial charge in [-0.2, -0.15) is 5.10 Å². The summed E-state index contributed by atoms with van der Waals surface area (Å²) in [5.74, 6) is -1.43.